The molecule has 0 atom stereocenters. The quantitative estimate of drug-likeness (QED) is 0.701. The summed E-state index contributed by atoms with van der Waals surface area (Å²) in [5.74, 6) is 0.0400. The second kappa shape index (κ2) is 4.05. The Bertz CT molecular complexity index is 194. The lowest BCUT2D eigenvalue weighted by Crippen LogP contribution is -2.60. The van der Waals surface area contributed by atoms with Gasteiger partial charge in [0.25, 0.3) is 0 Å². The van der Waals surface area contributed by atoms with E-state index >= 15 is 0 Å². The van der Waals surface area contributed by atoms with Crippen LogP contribution < -0.4 is 5.32 Å². The Morgan fingerprint density at radius 2 is 2.31 bits per heavy atom. The van der Waals surface area contributed by atoms with Crippen molar-refractivity contribution in [1.82, 2.24) is 10.2 Å². The molecular weight excluding hydrogens is 171 g/mol. The minimum absolute atomic E-state index is 0.0386. The standard InChI is InChI=1S/C9H17FN2O/c1-9(2)7-11-8(13)6-12(9)5-3-4-10/h3-7H2,1-2H3,(H,11,13). The van der Waals surface area contributed by atoms with Crippen LogP contribution in [0.5, 0.6) is 0 Å². The highest BCUT2D eigenvalue weighted by Gasteiger charge is 2.32. The Labute approximate surface area is 78.3 Å². The summed E-state index contributed by atoms with van der Waals surface area (Å²) in [6, 6.07) is 0. The van der Waals surface area contributed by atoms with Crippen molar-refractivity contribution in [3.63, 3.8) is 0 Å². The molecule has 1 amide bonds. The third-order valence-electron chi connectivity index (χ3n) is 2.47. The summed E-state index contributed by atoms with van der Waals surface area (Å²) in [6.45, 7) is 5.52. The van der Waals surface area contributed by atoms with Gasteiger partial charge in [-0.25, -0.2) is 0 Å². The van der Waals surface area contributed by atoms with Crippen LogP contribution in [-0.2, 0) is 4.79 Å². The number of carbonyl (C=O) groups excluding carboxylic acids is 1. The molecular formula is C9H17FN2O. The molecule has 0 bridgehead atoms. The number of amides is 1. The van der Waals surface area contributed by atoms with E-state index in [1.807, 2.05) is 4.90 Å². The van der Waals surface area contributed by atoms with E-state index in [-0.39, 0.29) is 18.1 Å². The van der Waals surface area contributed by atoms with Crippen molar-refractivity contribution >= 4 is 5.91 Å². The van der Waals surface area contributed by atoms with Crippen molar-refractivity contribution < 1.29 is 9.18 Å². The number of alkyl halides is 1. The SMILES string of the molecule is CC1(C)CNC(=O)CN1CCCF. The Morgan fingerprint density at radius 3 is 2.92 bits per heavy atom. The molecule has 0 aromatic carbocycles. The van der Waals surface area contributed by atoms with Crippen molar-refractivity contribution in [2.45, 2.75) is 25.8 Å². The van der Waals surface area contributed by atoms with E-state index in [0.29, 0.717) is 26.1 Å². The topological polar surface area (TPSA) is 32.3 Å². The Balaban J connectivity index is 2.50. The molecule has 0 aliphatic carbocycles. The van der Waals surface area contributed by atoms with Crippen molar-refractivity contribution in [3.05, 3.63) is 0 Å². The van der Waals surface area contributed by atoms with Gasteiger partial charge >= 0.3 is 0 Å². The van der Waals surface area contributed by atoms with Gasteiger partial charge in [-0.3, -0.25) is 14.1 Å². The van der Waals surface area contributed by atoms with Crippen LogP contribution in [0.1, 0.15) is 20.3 Å². The van der Waals surface area contributed by atoms with E-state index in [9.17, 15) is 9.18 Å². The summed E-state index contributed by atoms with van der Waals surface area (Å²) in [7, 11) is 0. The van der Waals surface area contributed by atoms with Crippen LogP contribution in [0, 0.1) is 0 Å². The van der Waals surface area contributed by atoms with Gasteiger partial charge in [-0.1, -0.05) is 0 Å². The molecule has 0 radical (unpaired) electrons. The van der Waals surface area contributed by atoms with Gasteiger partial charge in [0, 0.05) is 18.6 Å². The third kappa shape index (κ3) is 2.66. The summed E-state index contributed by atoms with van der Waals surface area (Å²) < 4.78 is 12.0. The van der Waals surface area contributed by atoms with Gasteiger partial charge < -0.3 is 5.32 Å². The predicted molar refractivity (Wildman–Crippen MR) is 49.3 cm³/mol. The van der Waals surface area contributed by atoms with Crippen LogP contribution >= 0.6 is 0 Å². The van der Waals surface area contributed by atoms with Gasteiger partial charge in [0.2, 0.25) is 5.91 Å². The fourth-order valence-corrected chi connectivity index (χ4v) is 1.50. The molecule has 0 unspecified atom stereocenters. The molecule has 1 N–H and O–H groups in total. The lowest BCUT2D eigenvalue weighted by atomic mass is 10.00. The normalized spacial score (nSPS) is 22.8. The van der Waals surface area contributed by atoms with Crippen LogP contribution in [0.2, 0.25) is 0 Å². The maximum atomic E-state index is 12.0. The molecule has 0 saturated carbocycles. The highest BCUT2D eigenvalue weighted by Crippen LogP contribution is 2.16. The first kappa shape index (κ1) is 10.4. The first-order chi connectivity index (χ1) is 6.06. The number of hydrogen-bond acceptors (Lipinski definition) is 2. The molecule has 1 saturated heterocycles. The minimum atomic E-state index is -0.311. The molecule has 1 fully saturated rings. The van der Waals surface area contributed by atoms with Gasteiger partial charge in [-0.2, -0.15) is 0 Å². The average molecular weight is 188 g/mol. The molecule has 4 heteroatoms. The maximum absolute atomic E-state index is 12.0. The number of carbonyl (C=O) groups is 1. The summed E-state index contributed by atoms with van der Waals surface area (Å²) in [4.78, 5) is 13.1. The van der Waals surface area contributed by atoms with E-state index in [1.54, 1.807) is 0 Å². The van der Waals surface area contributed by atoms with E-state index < -0.39 is 0 Å². The second-order valence-corrected chi connectivity index (χ2v) is 4.05. The summed E-state index contributed by atoms with van der Waals surface area (Å²) >= 11 is 0. The monoisotopic (exact) mass is 188 g/mol. The number of halogens is 1. The van der Waals surface area contributed by atoms with Gasteiger partial charge in [0.15, 0.2) is 0 Å². The molecule has 0 spiro atoms. The number of nitrogens with zero attached hydrogens (tertiary/aromatic N) is 1. The fourth-order valence-electron chi connectivity index (χ4n) is 1.50. The van der Waals surface area contributed by atoms with Crippen molar-refractivity contribution in [2.75, 3.05) is 26.3 Å². The Morgan fingerprint density at radius 1 is 1.62 bits per heavy atom. The molecule has 3 nitrogen and oxygen atoms in total. The number of piperazine rings is 1. The van der Waals surface area contributed by atoms with E-state index in [2.05, 4.69) is 19.2 Å². The second-order valence-electron chi connectivity index (χ2n) is 4.05. The van der Waals surface area contributed by atoms with Crippen LogP contribution in [0.3, 0.4) is 0 Å². The number of nitrogens with one attached hydrogen (secondary N) is 1. The summed E-state index contributed by atoms with van der Waals surface area (Å²) in [5, 5.41) is 2.80. The Kier molecular flexibility index (Phi) is 3.25. The van der Waals surface area contributed by atoms with Gasteiger partial charge in [-0.05, 0) is 20.3 Å². The summed E-state index contributed by atoms with van der Waals surface area (Å²) in [5.41, 5.74) is -0.0386. The largest absolute Gasteiger partial charge is 0.353 e. The van der Waals surface area contributed by atoms with Crippen molar-refractivity contribution in [1.29, 1.82) is 0 Å². The first-order valence-electron chi connectivity index (χ1n) is 4.64. The van der Waals surface area contributed by atoms with Crippen molar-refractivity contribution in [2.24, 2.45) is 0 Å². The first-order valence-corrected chi connectivity index (χ1v) is 4.64. The molecule has 1 aliphatic heterocycles. The van der Waals surface area contributed by atoms with Crippen molar-refractivity contribution in [3.8, 4) is 0 Å². The molecule has 13 heavy (non-hydrogen) atoms. The zero-order valence-corrected chi connectivity index (χ0v) is 8.27. The van der Waals surface area contributed by atoms with Gasteiger partial charge in [0.1, 0.15) is 0 Å². The van der Waals surface area contributed by atoms with Crippen LogP contribution in [0.25, 0.3) is 0 Å². The number of hydrogen-bond donors (Lipinski definition) is 1. The van der Waals surface area contributed by atoms with E-state index in [0.717, 1.165) is 0 Å². The fraction of sp³-hybridized carbons (Fsp3) is 0.889. The summed E-state index contributed by atoms with van der Waals surface area (Å²) in [6.07, 6.45) is 0.511. The Hall–Kier alpha value is -0.640. The molecule has 1 heterocycles. The predicted octanol–water partition coefficient (Wildman–Crippen LogP) is 0.556. The molecule has 0 aromatic heterocycles. The van der Waals surface area contributed by atoms with Crippen LogP contribution in [0.15, 0.2) is 0 Å². The van der Waals surface area contributed by atoms with Gasteiger partial charge in [-0.15, -0.1) is 0 Å². The zero-order valence-electron chi connectivity index (χ0n) is 8.27. The van der Waals surface area contributed by atoms with Crippen LogP contribution in [0.4, 0.5) is 4.39 Å². The lowest BCUT2D eigenvalue weighted by molar-refractivity contribution is -0.127. The lowest BCUT2D eigenvalue weighted by Gasteiger charge is -2.41. The molecule has 0 aromatic rings. The maximum Gasteiger partial charge on any atom is 0.234 e. The highest BCUT2D eigenvalue weighted by atomic mass is 19.1. The molecule has 1 aliphatic rings. The molecule has 76 valence electrons. The van der Waals surface area contributed by atoms with E-state index in [1.165, 1.54) is 0 Å². The molecule has 1 rings (SSSR count). The zero-order chi connectivity index (χ0) is 9.90. The van der Waals surface area contributed by atoms with Gasteiger partial charge in [0.05, 0.1) is 13.2 Å². The minimum Gasteiger partial charge on any atom is -0.353 e. The highest BCUT2D eigenvalue weighted by molar-refractivity contribution is 5.79. The average Bonchev–Trinajstić information content (AvgIpc) is 2.07. The van der Waals surface area contributed by atoms with Crippen LogP contribution in [-0.4, -0.2) is 42.7 Å². The van der Waals surface area contributed by atoms with E-state index in [4.69, 9.17) is 0 Å². The smallest absolute Gasteiger partial charge is 0.234 e. The third-order valence-corrected chi connectivity index (χ3v) is 2.47. The number of rotatable bonds is 3.